The van der Waals surface area contributed by atoms with Crippen LogP contribution in [0.25, 0.3) is 0 Å². The summed E-state index contributed by atoms with van der Waals surface area (Å²) >= 11 is 0. The molecular weight excluding hydrogens is 340 g/mol. The van der Waals surface area contributed by atoms with E-state index in [2.05, 4.69) is 0 Å². The zero-order valence-electron chi connectivity index (χ0n) is 13.7. The second-order valence-corrected chi connectivity index (χ2v) is 7.12. The van der Waals surface area contributed by atoms with E-state index in [1.54, 1.807) is 12.1 Å². The quantitative estimate of drug-likeness (QED) is 0.670. The van der Waals surface area contributed by atoms with Gasteiger partial charge in [-0.15, -0.1) is 0 Å². The third-order valence-electron chi connectivity index (χ3n) is 3.88. The van der Waals surface area contributed by atoms with Crippen molar-refractivity contribution in [2.24, 2.45) is 0 Å². The minimum Gasteiger partial charge on any atom is -0.387 e. The minimum atomic E-state index is -4.01. The van der Waals surface area contributed by atoms with Crippen LogP contribution in [0.2, 0.25) is 0 Å². The molecule has 136 valence electrons. The van der Waals surface area contributed by atoms with E-state index in [0.717, 1.165) is 5.56 Å². The predicted octanol–water partition coefficient (Wildman–Crippen LogP) is -0.192. The molecule has 0 unspecified atom stereocenters. The van der Waals surface area contributed by atoms with E-state index in [9.17, 15) is 18.6 Å². The lowest BCUT2D eigenvalue weighted by Gasteiger charge is -2.41. The summed E-state index contributed by atoms with van der Waals surface area (Å²) in [6.07, 6.45) is -5.46. The third-order valence-corrected chi connectivity index (χ3v) is 5.17. The number of hydrogen-bond acceptors (Lipinski definition) is 8. The van der Waals surface area contributed by atoms with Crippen LogP contribution < -0.4 is 0 Å². The van der Waals surface area contributed by atoms with Gasteiger partial charge in [-0.2, -0.15) is 8.42 Å². The number of benzene rings is 1. The molecule has 2 rings (SSSR count). The van der Waals surface area contributed by atoms with E-state index in [4.69, 9.17) is 18.4 Å². The molecule has 24 heavy (non-hydrogen) atoms. The monoisotopic (exact) mass is 362 g/mol. The van der Waals surface area contributed by atoms with Crippen LogP contribution in [0, 0.1) is 6.92 Å². The zero-order chi connectivity index (χ0) is 17.9. The highest BCUT2D eigenvalue weighted by molar-refractivity contribution is 7.86. The largest absolute Gasteiger partial charge is 0.387 e. The maximum atomic E-state index is 12.2. The van der Waals surface area contributed by atoms with Gasteiger partial charge in [-0.3, -0.25) is 4.18 Å². The van der Waals surface area contributed by atoms with E-state index in [-0.39, 0.29) is 4.90 Å². The van der Waals surface area contributed by atoms with Crippen molar-refractivity contribution in [2.75, 3.05) is 20.8 Å². The molecule has 1 aliphatic heterocycles. The first kappa shape index (κ1) is 19.3. The van der Waals surface area contributed by atoms with E-state index < -0.39 is 47.4 Å². The lowest BCUT2D eigenvalue weighted by Crippen LogP contribution is -2.60. The fourth-order valence-corrected chi connectivity index (χ4v) is 3.42. The Kier molecular flexibility index (Phi) is 6.32. The highest BCUT2D eigenvalue weighted by Gasteiger charge is 2.45. The lowest BCUT2D eigenvalue weighted by molar-refractivity contribution is -0.294. The molecule has 1 aromatic carbocycles. The highest BCUT2D eigenvalue weighted by Crippen LogP contribution is 2.25. The van der Waals surface area contributed by atoms with Crippen molar-refractivity contribution in [3.05, 3.63) is 29.8 Å². The average Bonchev–Trinajstić information content (AvgIpc) is 2.55. The molecule has 0 aromatic heterocycles. The number of methoxy groups -OCH3 is 2. The molecule has 0 spiro atoms. The zero-order valence-corrected chi connectivity index (χ0v) is 14.5. The predicted molar refractivity (Wildman–Crippen MR) is 82.8 cm³/mol. The van der Waals surface area contributed by atoms with Crippen LogP contribution >= 0.6 is 0 Å². The standard InChI is InChI=1S/C15H22O8S/c1-9-4-6-10(7-5-9)24(18,19)22-8-11-12(16)13(20-2)14(21-3)15(17)23-11/h4-7,11-17H,8H2,1-3H3/t11-,12-,13+,14-,15+/m1/s1. The molecular formula is C15H22O8S. The van der Waals surface area contributed by atoms with Gasteiger partial charge < -0.3 is 24.4 Å². The second-order valence-electron chi connectivity index (χ2n) is 5.51. The number of aryl methyl sites for hydroxylation is 1. The number of hydrogen-bond donors (Lipinski definition) is 2. The Morgan fingerprint density at radius 1 is 1.08 bits per heavy atom. The van der Waals surface area contributed by atoms with E-state index in [1.165, 1.54) is 26.4 Å². The number of rotatable bonds is 6. The smallest absolute Gasteiger partial charge is 0.297 e. The average molecular weight is 362 g/mol. The van der Waals surface area contributed by atoms with Gasteiger partial charge in [0.2, 0.25) is 0 Å². The molecule has 9 heteroatoms. The summed E-state index contributed by atoms with van der Waals surface area (Å²) in [5, 5.41) is 20.1. The van der Waals surface area contributed by atoms with Gasteiger partial charge in [0, 0.05) is 14.2 Å². The van der Waals surface area contributed by atoms with Gasteiger partial charge in [0.05, 0.1) is 11.5 Å². The molecule has 1 aliphatic rings. The lowest BCUT2D eigenvalue weighted by atomic mass is 9.99. The Labute approximate surface area is 141 Å². The summed E-state index contributed by atoms with van der Waals surface area (Å²) in [4.78, 5) is -0.00277. The minimum absolute atomic E-state index is 0.00277. The van der Waals surface area contributed by atoms with E-state index in [1.807, 2.05) is 6.92 Å². The summed E-state index contributed by atoms with van der Waals surface area (Å²) in [6.45, 7) is 1.37. The Balaban J connectivity index is 2.06. The SMILES string of the molecule is CO[C@@H]1[C@@H](OC)[C@H](O)[C@@H](COS(=O)(=O)c2ccc(C)cc2)O[C@@H]1O. The first-order valence-electron chi connectivity index (χ1n) is 7.33. The summed E-state index contributed by atoms with van der Waals surface area (Å²) < 4.78 is 44.6. The molecule has 0 aliphatic carbocycles. The summed E-state index contributed by atoms with van der Waals surface area (Å²) in [5.74, 6) is 0. The van der Waals surface area contributed by atoms with Crippen molar-refractivity contribution in [3.8, 4) is 0 Å². The fourth-order valence-electron chi connectivity index (χ4n) is 2.50. The number of aliphatic hydroxyl groups excluding tert-OH is 2. The van der Waals surface area contributed by atoms with Gasteiger partial charge in [0.1, 0.15) is 24.4 Å². The molecule has 0 bridgehead atoms. The van der Waals surface area contributed by atoms with Gasteiger partial charge in [-0.05, 0) is 19.1 Å². The van der Waals surface area contributed by atoms with Crippen LogP contribution in [-0.4, -0.2) is 70.2 Å². The summed E-state index contributed by atoms with van der Waals surface area (Å²) in [7, 11) is -1.32. The van der Waals surface area contributed by atoms with Gasteiger partial charge in [-0.1, -0.05) is 17.7 Å². The van der Waals surface area contributed by atoms with Crippen LogP contribution in [0.1, 0.15) is 5.56 Å². The topological polar surface area (TPSA) is 112 Å². The number of aliphatic hydroxyl groups is 2. The highest BCUT2D eigenvalue weighted by atomic mass is 32.2. The molecule has 0 radical (unpaired) electrons. The van der Waals surface area contributed by atoms with Crippen molar-refractivity contribution >= 4 is 10.1 Å². The fraction of sp³-hybridized carbons (Fsp3) is 0.600. The van der Waals surface area contributed by atoms with E-state index in [0.29, 0.717) is 0 Å². The van der Waals surface area contributed by atoms with Crippen LogP contribution in [0.15, 0.2) is 29.2 Å². The van der Waals surface area contributed by atoms with Crippen LogP contribution in [0.5, 0.6) is 0 Å². The summed E-state index contributed by atoms with van der Waals surface area (Å²) in [6, 6.07) is 6.15. The van der Waals surface area contributed by atoms with E-state index >= 15 is 0 Å². The van der Waals surface area contributed by atoms with Crippen LogP contribution in [-0.2, 0) is 28.5 Å². The van der Waals surface area contributed by atoms with Crippen molar-refractivity contribution in [1.82, 2.24) is 0 Å². The Bertz CT molecular complexity index is 629. The van der Waals surface area contributed by atoms with Crippen molar-refractivity contribution in [1.29, 1.82) is 0 Å². The van der Waals surface area contributed by atoms with Crippen molar-refractivity contribution < 1.29 is 37.0 Å². The van der Waals surface area contributed by atoms with Gasteiger partial charge in [-0.25, -0.2) is 0 Å². The molecule has 1 aromatic rings. The molecule has 1 heterocycles. The molecule has 1 fully saturated rings. The summed E-state index contributed by atoms with van der Waals surface area (Å²) in [5.41, 5.74) is 0.914. The number of ether oxygens (including phenoxy) is 3. The molecule has 0 amide bonds. The van der Waals surface area contributed by atoms with Gasteiger partial charge in [0.25, 0.3) is 10.1 Å². The molecule has 0 saturated carbocycles. The molecule has 5 atom stereocenters. The Morgan fingerprint density at radius 2 is 1.67 bits per heavy atom. The molecule has 8 nitrogen and oxygen atoms in total. The Hall–Kier alpha value is -1.07. The van der Waals surface area contributed by atoms with Gasteiger partial charge >= 0.3 is 0 Å². The maximum absolute atomic E-state index is 12.2. The maximum Gasteiger partial charge on any atom is 0.297 e. The second kappa shape index (κ2) is 7.87. The first-order chi connectivity index (χ1) is 11.3. The van der Waals surface area contributed by atoms with Crippen LogP contribution in [0.4, 0.5) is 0 Å². The van der Waals surface area contributed by atoms with Gasteiger partial charge in [0.15, 0.2) is 6.29 Å². The van der Waals surface area contributed by atoms with Crippen LogP contribution in [0.3, 0.4) is 0 Å². The third kappa shape index (κ3) is 4.12. The van der Waals surface area contributed by atoms with Crippen molar-refractivity contribution in [3.63, 3.8) is 0 Å². The van der Waals surface area contributed by atoms with Crippen molar-refractivity contribution in [2.45, 2.75) is 42.5 Å². The Morgan fingerprint density at radius 3 is 2.21 bits per heavy atom. The molecule has 1 saturated heterocycles. The molecule has 2 N–H and O–H groups in total. The first-order valence-corrected chi connectivity index (χ1v) is 8.74. The normalized spacial score (nSPS) is 31.1.